The van der Waals surface area contributed by atoms with Crippen molar-refractivity contribution in [2.75, 3.05) is 0 Å². The molecule has 0 atom stereocenters. The lowest BCUT2D eigenvalue weighted by Gasteiger charge is -2.34. The van der Waals surface area contributed by atoms with Gasteiger partial charge in [-0.2, -0.15) is 22.0 Å². The normalized spacial score (nSPS) is 22.1. The van der Waals surface area contributed by atoms with Crippen LogP contribution >= 0.6 is 0 Å². The highest BCUT2D eigenvalue weighted by Gasteiger charge is 2.44. The predicted octanol–water partition coefficient (Wildman–Crippen LogP) is 13.3. The predicted molar refractivity (Wildman–Crippen MR) is 172 cm³/mol. The molecule has 0 radical (unpaired) electrons. The quantitative estimate of drug-likeness (QED) is 0.143. The molecule has 2 aliphatic carbocycles. The summed E-state index contributed by atoms with van der Waals surface area (Å²) in [5.41, 5.74) is -0.108. The van der Waals surface area contributed by atoms with E-state index in [4.69, 9.17) is 4.74 Å². The molecule has 2 aliphatic rings. The Morgan fingerprint density at radius 2 is 1.35 bits per heavy atom. The number of alkyl halides is 5. The zero-order valence-corrected chi connectivity index (χ0v) is 27.4. The Balaban J connectivity index is 1.17. The van der Waals surface area contributed by atoms with Crippen molar-refractivity contribution in [3.05, 3.63) is 94.6 Å². The molecule has 266 valence electrons. The maximum Gasteiger partial charge on any atom is 0.409 e. The van der Waals surface area contributed by atoms with E-state index in [1.54, 1.807) is 6.07 Å². The topological polar surface area (TPSA) is 9.23 Å². The summed E-state index contributed by atoms with van der Waals surface area (Å²) in [6.07, 6.45) is 1.69. The van der Waals surface area contributed by atoms with E-state index in [9.17, 15) is 26.3 Å². The molecule has 0 aromatic heterocycles. The second kappa shape index (κ2) is 15.6. The second-order valence-corrected chi connectivity index (χ2v) is 13.6. The van der Waals surface area contributed by atoms with Crippen molar-refractivity contribution in [2.24, 2.45) is 11.8 Å². The van der Waals surface area contributed by atoms with E-state index in [1.807, 2.05) is 12.1 Å². The van der Waals surface area contributed by atoms with Gasteiger partial charge in [0, 0.05) is 23.3 Å². The summed E-state index contributed by atoms with van der Waals surface area (Å²) in [6, 6.07) is 9.43. The van der Waals surface area contributed by atoms with Crippen LogP contribution < -0.4 is 4.74 Å². The minimum atomic E-state index is -4.79. The van der Waals surface area contributed by atoms with Crippen molar-refractivity contribution in [2.45, 2.75) is 108 Å². The monoisotopic (exact) mass is 696 g/mol. The van der Waals surface area contributed by atoms with Crippen LogP contribution in [0.15, 0.2) is 54.6 Å². The van der Waals surface area contributed by atoms with Gasteiger partial charge in [-0.25, -0.2) is 17.6 Å². The Kier molecular flexibility index (Phi) is 11.8. The highest BCUT2D eigenvalue weighted by molar-refractivity contribution is 5.68. The fourth-order valence-corrected chi connectivity index (χ4v) is 7.45. The van der Waals surface area contributed by atoms with Crippen LogP contribution in [0.25, 0.3) is 17.2 Å². The summed E-state index contributed by atoms with van der Waals surface area (Å²) in [5.74, 6) is -4.93. The van der Waals surface area contributed by atoms with E-state index < -0.39 is 47.0 Å². The van der Waals surface area contributed by atoms with Crippen LogP contribution in [-0.4, -0.2) is 12.3 Å². The third-order valence-electron chi connectivity index (χ3n) is 10.2. The number of ether oxygens (including phenoxy) is 1. The van der Waals surface area contributed by atoms with Gasteiger partial charge in [0.2, 0.25) is 0 Å². The van der Waals surface area contributed by atoms with Gasteiger partial charge in [0.05, 0.1) is 5.92 Å². The fourth-order valence-electron chi connectivity index (χ4n) is 7.45. The average Bonchev–Trinajstić information content (AvgIpc) is 3.04. The zero-order valence-electron chi connectivity index (χ0n) is 27.4. The summed E-state index contributed by atoms with van der Waals surface area (Å²) >= 11 is 0. The van der Waals surface area contributed by atoms with Crippen molar-refractivity contribution in [3.63, 3.8) is 0 Å². The molecular weight excluding hydrogens is 655 g/mol. The van der Waals surface area contributed by atoms with Crippen LogP contribution in [0.3, 0.4) is 0 Å². The first-order valence-electron chi connectivity index (χ1n) is 17.1. The molecule has 5 rings (SSSR count). The molecule has 0 spiro atoms. The first kappa shape index (κ1) is 36.8. The average molecular weight is 697 g/mol. The molecule has 0 bridgehead atoms. The third-order valence-corrected chi connectivity index (χ3v) is 10.2. The van der Waals surface area contributed by atoms with Crippen molar-refractivity contribution >= 4 is 6.08 Å². The molecule has 0 saturated heterocycles. The van der Waals surface area contributed by atoms with Crippen molar-refractivity contribution in [1.29, 1.82) is 0 Å². The van der Waals surface area contributed by atoms with Gasteiger partial charge in [0.15, 0.2) is 0 Å². The third kappa shape index (κ3) is 9.43. The molecule has 2 fully saturated rings. The first-order chi connectivity index (χ1) is 23.2. The molecule has 0 aliphatic heterocycles. The van der Waals surface area contributed by atoms with Crippen molar-refractivity contribution < 1.29 is 44.3 Å². The van der Waals surface area contributed by atoms with Gasteiger partial charge in [0.25, 0.3) is 0 Å². The lowest BCUT2D eigenvalue weighted by atomic mass is 9.75. The first-order valence-corrected chi connectivity index (χ1v) is 17.1. The molecule has 3 aromatic carbocycles. The summed E-state index contributed by atoms with van der Waals surface area (Å²) in [6.45, 7) is 2.20. The molecular formula is C39H41F9O. The van der Waals surface area contributed by atoms with E-state index in [2.05, 4.69) is 6.92 Å². The molecule has 10 heteroatoms. The maximum absolute atomic E-state index is 15.3. The number of hydrogen-bond donors (Lipinski definition) is 0. The number of benzene rings is 3. The van der Waals surface area contributed by atoms with Crippen LogP contribution in [0.1, 0.15) is 112 Å². The standard InChI is InChI=1S/C39H41F9O/c1-2-3-4-5-24-6-8-25(9-7-24)27-12-16-31(34(40)20-27)26-10-13-29(14-11-26)39(47,48)49-30-15-17-32(37(43)23-30)28-21-35(41)33(36(42)22-28)18-19-38(44,45)46/h12,15-26,29H,2-11,13-14H2,1H3/b19-18+. The van der Waals surface area contributed by atoms with Crippen molar-refractivity contribution in [1.82, 2.24) is 0 Å². The molecule has 0 heterocycles. The van der Waals surface area contributed by atoms with Crippen LogP contribution in [0.4, 0.5) is 39.5 Å². The van der Waals surface area contributed by atoms with E-state index in [1.165, 1.54) is 25.7 Å². The van der Waals surface area contributed by atoms with Crippen molar-refractivity contribution in [3.8, 4) is 16.9 Å². The van der Waals surface area contributed by atoms with Gasteiger partial charge in [-0.1, -0.05) is 44.7 Å². The Labute approximate surface area is 281 Å². The molecule has 0 amide bonds. The number of hydrogen-bond acceptors (Lipinski definition) is 1. The molecule has 1 nitrogen and oxygen atoms in total. The number of unbranched alkanes of at least 4 members (excludes halogenated alkanes) is 2. The summed E-state index contributed by atoms with van der Waals surface area (Å²) in [5, 5.41) is 0. The molecule has 3 aromatic rings. The minimum Gasteiger partial charge on any atom is -0.432 e. The van der Waals surface area contributed by atoms with Gasteiger partial charge in [-0.3, -0.25) is 0 Å². The highest BCUT2D eigenvalue weighted by Crippen LogP contribution is 2.45. The molecule has 0 N–H and O–H groups in total. The zero-order chi connectivity index (χ0) is 35.3. The number of allylic oxidation sites excluding steroid dienone is 1. The Hall–Kier alpha value is -3.43. The van der Waals surface area contributed by atoms with E-state index >= 15 is 13.2 Å². The molecule has 49 heavy (non-hydrogen) atoms. The summed E-state index contributed by atoms with van der Waals surface area (Å²) in [7, 11) is 0. The molecule has 2 saturated carbocycles. The van der Waals surface area contributed by atoms with E-state index in [0.717, 1.165) is 49.3 Å². The SMILES string of the molecule is CCCCCC1CCC(c2ccc(C3CCC(C(F)(F)Oc4ccc(-c5cc(F)c(/C=C/C(F)(F)F)c(F)c5)c(F)c4)CC3)c(F)c2)CC1. The smallest absolute Gasteiger partial charge is 0.409 e. The Morgan fingerprint density at radius 3 is 1.94 bits per heavy atom. The van der Waals surface area contributed by atoms with Gasteiger partial charge in [-0.05, 0) is 122 Å². The van der Waals surface area contributed by atoms with E-state index in [0.29, 0.717) is 42.5 Å². The number of halogens is 9. The largest absolute Gasteiger partial charge is 0.432 e. The van der Waals surface area contributed by atoms with Gasteiger partial charge >= 0.3 is 12.3 Å². The second-order valence-electron chi connectivity index (χ2n) is 13.6. The maximum atomic E-state index is 15.3. The highest BCUT2D eigenvalue weighted by atomic mass is 19.4. The fraction of sp³-hybridized carbons (Fsp3) is 0.487. The van der Waals surface area contributed by atoms with Crippen LogP contribution in [0, 0.1) is 35.1 Å². The lowest BCUT2D eigenvalue weighted by Crippen LogP contribution is -2.37. The molecule has 0 unspecified atom stereocenters. The number of rotatable bonds is 11. The van der Waals surface area contributed by atoms with Gasteiger partial charge in [0.1, 0.15) is 29.0 Å². The van der Waals surface area contributed by atoms with E-state index in [-0.39, 0.29) is 47.9 Å². The van der Waals surface area contributed by atoms with Crippen LogP contribution in [-0.2, 0) is 0 Å². The lowest BCUT2D eigenvalue weighted by molar-refractivity contribution is -0.222. The summed E-state index contributed by atoms with van der Waals surface area (Å²) < 4.78 is 132. The summed E-state index contributed by atoms with van der Waals surface area (Å²) in [4.78, 5) is 0. The van der Waals surface area contributed by atoms with Crippen LogP contribution in [0.5, 0.6) is 5.75 Å². The van der Waals surface area contributed by atoms with Gasteiger partial charge < -0.3 is 4.74 Å². The van der Waals surface area contributed by atoms with Gasteiger partial charge in [-0.15, -0.1) is 0 Å². The van der Waals surface area contributed by atoms with Crippen LogP contribution in [0.2, 0.25) is 0 Å². The minimum absolute atomic E-state index is 0.0646. The Morgan fingerprint density at radius 1 is 0.694 bits per heavy atom. The Bertz CT molecular complexity index is 1570.